The van der Waals surface area contributed by atoms with E-state index in [-0.39, 0.29) is 12.2 Å². The summed E-state index contributed by atoms with van der Waals surface area (Å²) in [5.41, 5.74) is 0.336. The van der Waals surface area contributed by atoms with Crippen molar-refractivity contribution in [3.63, 3.8) is 0 Å². The molecule has 14 nitrogen and oxygen atoms in total. The van der Waals surface area contributed by atoms with Crippen molar-refractivity contribution < 1.29 is 42.0 Å². The van der Waals surface area contributed by atoms with Crippen LogP contribution in [0.2, 0.25) is 0 Å². The average Bonchev–Trinajstić information content (AvgIpc) is 3.48. The van der Waals surface area contributed by atoms with Gasteiger partial charge in [-0.05, 0) is 24.6 Å². The molecule has 45 heavy (non-hydrogen) atoms. The van der Waals surface area contributed by atoms with Crippen molar-refractivity contribution in [2.24, 2.45) is 0 Å². The minimum Gasteiger partial charge on any atom is -0.493 e. The van der Waals surface area contributed by atoms with Gasteiger partial charge in [0.05, 0.1) is 29.2 Å². The first-order chi connectivity index (χ1) is 21.6. The third-order valence-electron chi connectivity index (χ3n) is 6.93. The van der Waals surface area contributed by atoms with E-state index >= 15 is 0 Å². The summed E-state index contributed by atoms with van der Waals surface area (Å²) in [5.74, 6) is -1.05. The van der Waals surface area contributed by atoms with Crippen LogP contribution in [0.4, 0.5) is 25.4 Å². The lowest BCUT2D eigenvalue weighted by Crippen LogP contribution is -2.57. The van der Waals surface area contributed by atoms with Crippen molar-refractivity contribution >= 4 is 53.0 Å². The number of benzene rings is 2. The predicted octanol–water partition coefficient (Wildman–Crippen LogP) is 3.92. The molecular formula is C27H30F2N7O7PS. The molecule has 0 amide bonds. The Hall–Kier alpha value is -3.83. The molecule has 3 heterocycles. The Morgan fingerprint density at radius 1 is 1.24 bits per heavy atom. The molecule has 0 spiro atoms. The Kier molecular flexibility index (Phi) is 10.2. The van der Waals surface area contributed by atoms with E-state index in [0.717, 1.165) is 17.4 Å². The second-order valence-electron chi connectivity index (χ2n) is 9.84. The van der Waals surface area contributed by atoms with Crippen LogP contribution < -0.4 is 25.4 Å². The fraction of sp³-hybridized carbons (Fsp3) is 0.333. The molecule has 2 aromatic carbocycles. The second kappa shape index (κ2) is 14.1. The Morgan fingerprint density at radius 2 is 2.07 bits per heavy atom. The van der Waals surface area contributed by atoms with Crippen LogP contribution in [0.3, 0.4) is 0 Å². The summed E-state index contributed by atoms with van der Waals surface area (Å²) in [6.07, 6.45) is 3.30. The van der Waals surface area contributed by atoms with E-state index in [1.807, 2.05) is 6.92 Å². The lowest BCUT2D eigenvalue weighted by molar-refractivity contribution is -0.147. The zero-order valence-corrected chi connectivity index (χ0v) is 25.7. The molecule has 1 saturated heterocycles. The van der Waals surface area contributed by atoms with Crippen molar-refractivity contribution in [1.29, 1.82) is 0 Å². The fourth-order valence-electron chi connectivity index (χ4n) is 4.82. The first-order valence-corrected chi connectivity index (χ1v) is 16.1. The van der Waals surface area contributed by atoms with Gasteiger partial charge in [0.1, 0.15) is 30.6 Å². The van der Waals surface area contributed by atoms with Gasteiger partial charge in [-0.25, -0.2) is 28.3 Å². The zero-order chi connectivity index (χ0) is 32.1. The maximum atomic E-state index is 14.2. The van der Waals surface area contributed by atoms with Gasteiger partial charge < -0.3 is 40.0 Å². The van der Waals surface area contributed by atoms with Crippen LogP contribution in [0.25, 0.3) is 10.9 Å². The Bertz CT molecular complexity index is 1710. The van der Waals surface area contributed by atoms with Crippen molar-refractivity contribution in [3.8, 4) is 11.5 Å². The van der Waals surface area contributed by atoms with E-state index in [9.17, 15) is 27.9 Å². The van der Waals surface area contributed by atoms with Crippen molar-refractivity contribution in [1.82, 2.24) is 25.3 Å². The highest BCUT2D eigenvalue weighted by Gasteiger charge is 2.36. The smallest absolute Gasteiger partial charge is 0.486 e. The van der Waals surface area contributed by atoms with Gasteiger partial charge in [0.25, 0.3) is 0 Å². The predicted molar refractivity (Wildman–Crippen MR) is 161 cm³/mol. The normalized spacial score (nSPS) is 17.1. The molecule has 240 valence electrons. The van der Waals surface area contributed by atoms with Gasteiger partial charge in [-0.1, -0.05) is 24.3 Å². The molecule has 3 atom stereocenters. The van der Waals surface area contributed by atoms with Gasteiger partial charge in [0.2, 0.25) is 0 Å². The number of thiazole rings is 1. The van der Waals surface area contributed by atoms with Gasteiger partial charge in [0.15, 0.2) is 28.3 Å². The number of piperazine rings is 1. The van der Waals surface area contributed by atoms with Crippen LogP contribution in [-0.4, -0.2) is 75.0 Å². The number of aromatic nitrogens is 3. The van der Waals surface area contributed by atoms with Gasteiger partial charge in [-0.3, -0.25) is 0 Å². The maximum Gasteiger partial charge on any atom is 0.486 e. The number of phosphoric acid groups is 1. The van der Waals surface area contributed by atoms with Crippen LogP contribution in [0.1, 0.15) is 24.3 Å². The molecule has 1 aliphatic heterocycles. The van der Waals surface area contributed by atoms with Crippen molar-refractivity contribution in [3.05, 3.63) is 59.4 Å². The van der Waals surface area contributed by atoms with Gasteiger partial charge in [-0.15, -0.1) is 0 Å². The van der Waals surface area contributed by atoms with Crippen LogP contribution >= 0.6 is 19.2 Å². The molecule has 3 unspecified atom stereocenters. The molecular weight excluding hydrogens is 635 g/mol. The molecule has 5 N–H and O–H groups in total. The number of carbonyl (C=O) groups is 1. The standard InChI is InChI=1S/C27H30F2N7O7PS/c1-3-21(20-11-30-7-8-36(20)43-44(38,39)40)42-23-10-18-15(9-22(23)41-2)26(33-14-32-18)35-27-31-12-24(45-27)19(13-37)34-17-6-4-5-16(28)25(17)29/h4-6,9-10,12-14,19-21,30,34H,3,7-8,11H2,1-2H3,(H2,38,39,40)(H,31,32,33,35). The molecule has 18 heteroatoms. The first kappa shape index (κ1) is 32.6. The first-order valence-electron chi connectivity index (χ1n) is 13.7. The zero-order valence-electron chi connectivity index (χ0n) is 24.0. The summed E-state index contributed by atoms with van der Waals surface area (Å²) in [7, 11) is -3.30. The highest BCUT2D eigenvalue weighted by atomic mass is 32.1. The Balaban J connectivity index is 1.37. The second-order valence-corrected chi connectivity index (χ2v) is 12.1. The number of ether oxygens (including phenoxy) is 2. The van der Waals surface area contributed by atoms with E-state index in [4.69, 9.17) is 14.1 Å². The van der Waals surface area contributed by atoms with Crippen LogP contribution in [0.15, 0.2) is 42.9 Å². The van der Waals surface area contributed by atoms with Crippen LogP contribution in [0.5, 0.6) is 11.5 Å². The number of nitrogens with one attached hydrogen (secondary N) is 3. The SMILES string of the molecule is CCC(Oc1cc2ncnc(Nc3ncc(C(C=O)Nc4cccc(F)c4F)s3)c2cc1OC)C1CNCCN1OP(=O)(O)O. The number of nitrogens with zero attached hydrogens (tertiary/aromatic N) is 4. The third-order valence-corrected chi connectivity index (χ3v) is 8.35. The summed E-state index contributed by atoms with van der Waals surface area (Å²) >= 11 is 1.12. The van der Waals surface area contributed by atoms with Crippen molar-refractivity contribution in [2.75, 3.05) is 37.4 Å². The molecule has 0 saturated carbocycles. The molecule has 1 fully saturated rings. The minimum absolute atomic E-state index is 0.158. The quantitative estimate of drug-likeness (QED) is 0.102. The Morgan fingerprint density at radius 3 is 2.80 bits per heavy atom. The summed E-state index contributed by atoms with van der Waals surface area (Å²) < 4.78 is 56.2. The number of rotatable bonds is 13. The third kappa shape index (κ3) is 7.70. The maximum absolute atomic E-state index is 14.2. The number of hydrogen-bond acceptors (Lipinski definition) is 13. The summed E-state index contributed by atoms with van der Waals surface area (Å²) in [5, 5.41) is 11.2. The highest BCUT2D eigenvalue weighted by Crippen LogP contribution is 2.40. The van der Waals surface area contributed by atoms with E-state index in [2.05, 4.69) is 30.9 Å². The highest BCUT2D eigenvalue weighted by molar-refractivity contribution is 7.46. The van der Waals surface area contributed by atoms with Gasteiger partial charge >= 0.3 is 7.82 Å². The summed E-state index contributed by atoms with van der Waals surface area (Å²) in [4.78, 5) is 44.0. The number of carbonyl (C=O) groups excluding carboxylic acids is 1. The van der Waals surface area contributed by atoms with E-state index in [1.54, 1.807) is 12.1 Å². The molecule has 4 aromatic rings. The number of fused-ring (bicyclic) bond motifs is 1. The number of aldehydes is 1. The van der Waals surface area contributed by atoms with E-state index in [1.165, 1.54) is 36.8 Å². The van der Waals surface area contributed by atoms with Crippen molar-refractivity contribution in [2.45, 2.75) is 31.5 Å². The van der Waals surface area contributed by atoms with Crippen LogP contribution in [0, 0.1) is 11.6 Å². The fourth-order valence-corrected chi connectivity index (χ4v) is 6.12. The minimum atomic E-state index is -4.77. The van der Waals surface area contributed by atoms with Gasteiger partial charge in [-0.2, -0.15) is 9.69 Å². The number of hydrogen-bond donors (Lipinski definition) is 5. The van der Waals surface area contributed by atoms with Crippen LogP contribution in [-0.2, 0) is 14.0 Å². The molecule has 5 rings (SSSR count). The summed E-state index contributed by atoms with van der Waals surface area (Å²) in [6, 6.07) is 5.50. The monoisotopic (exact) mass is 665 g/mol. The molecule has 1 aliphatic rings. The van der Waals surface area contributed by atoms with Gasteiger partial charge in [0, 0.05) is 37.3 Å². The molecule has 0 radical (unpaired) electrons. The molecule has 2 aromatic heterocycles. The molecule has 0 bridgehead atoms. The largest absolute Gasteiger partial charge is 0.493 e. The average molecular weight is 666 g/mol. The number of anilines is 3. The number of methoxy groups -OCH3 is 1. The Labute approximate surface area is 260 Å². The van der Waals surface area contributed by atoms with E-state index in [0.29, 0.717) is 64.0 Å². The number of halogens is 2. The summed E-state index contributed by atoms with van der Waals surface area (Å²) in [6.45, 7) is 2.99. The lowest BCUT2D eigenvalue weighted by atomic mass is 10.1. The lowest BCUT2D eigenvalue weighted by Gasteiger charge is -2.38. The number of hydroxylamine groups is 2. The molecule has 0 aliphatic carbocycles. The topological polar surface area (TPSA) is 180 Å². The van der Waals surface area contributed by atoms with E-state index < -0.39 is 37.6 Å².